The van der Waals surface area contributed by atoms with Gasteiger partial charge in [0.25, 0.3) is 0 Å². The maximum absolute atomic E-state index is 12.1. The number of aliphatic imine (C=N–C) groups is 1. The average molecular weight is 375 g/mol. The highest BCUT2D eigenvalue weighted by molar-refractivity contribution is 5.80. The van der Waals surface area contributed by atoms with E-state index < -0.39 is 0 Å². The number of amides is 1. The van der Waals surface area contributed by atoms with Gasteiger partial charge in [-0.3, -0.25) is 14.5 Å². The Labute approximate surface area is 162 Å². The van der Waals surface area contributed by atoms with Crippen LogP contribution in [0.5, 0.6) is 0 Å². The number of aryl methyl sites for hydroxylation is 1. The average Bonchev–Trinajstić information content (AvgIpc) is 3.26. The van der Waals surface area contributed by atoms with Gasteiger partial charge in [-0.2, -0.15) is 5.10 Å². The molecule has 150 valence electrons. The summed E-state index contributed by atoms with van der Waals surface area (Å²) in [4.78, 5) is 21.3. The smallest absolute Gasteiger partial charge is 0.222 e. The lowest BCUT2D eigenvalue weighted by molar-refractivity contribution is -0.130. The van der Waals surface area contributed by atoms with Gasteiger partial charge in [0, 0.05) is 64.9 Å². The summed E-state index contributed by atoms with van der Waals surface area (Å²) in [5, 5.41) is 7.74. The van der Waals surface area contributed by atoms with E-state index in [1.807, 2.05) is 22.8 Å². The number of carbonyl (C=O) groups is 1. The second kappa shape index (κ2) is 9.76. The third-order valence-electron chi connectivity index (χ3n) is 5.54. The molecule has 7 nitrogen and oxygen atoms in total. The first kappa shape index (κ1) is 19.7. The molecule has 1 amide bonds. The van der Waals surface area contributed by atoms with E-state index in [4.69, 9.17) is 4.99 Å². The molecule has 1 aromatic rings. The maximum atomic E-state index is 12.1. The number of carbonyl (C=O) groups excluding carboxylic acids is 1. The van der Waals surface area contributed by atoms with Crippen molar-refractivity contribution >= 4 is 11.9 Å². The zero-order chi connectivity index (χ0) is 19.1. The van der Waals surface area contributed by atoms with E-state index in [0.717, 1.165) is 77.3 Å². The molecular weight excluding hydrogens is 340 g/mol. The van der Waals surface area contributed by atoms with Gasteiger partial charge in [-0.25, -0.2) is 0 Å². The van der Waals surface area contributed by atoms with E-state index in [1.165, 1.54) is 12.0 Å². The zero-order valence-corrected chi connectivity index (χ0v) is 16.9. The van der Waals surface area contributed by atoms with E-state index >= 15 is 0 Å². The summed E-state index contributed by atoms with van der Waals surface area (Å²) in [5.41, 5.74) is 1.32. The van der Waals surface area contributed by atoms with E-state index in [2.05, 4.69) is 28.4 Å². The first-order valence-electron chi connectivity index (χ1n) is 10.5. The summed E-state index contributed by atoms with van der Waals surface area (Å²) in [6, 6.07) is 0. The van der Waals surface area contributed by atoms with E-state index in [9.17, 15) is 4.79 Å². The molecule has 3 heterocycles. The molecule has 2 fully saturated rings. The minimum Gasteiger partial charge on any atom is -0.357 e. The molecule has 0 radical (unpaired) electrons. The van der Waals surface area contributed by atoms with Crippen molar-refractivity contribution in [1.29, 1.82) is 0 Å². The van der Waals surface area contributed by atoms with Crippen molar-refractivity contribution in [3.8, 4) is 0 Å². The van der Waals surface area contributed by atoms with Crippen molar-refractivity contribution in [2.75, 3.05) is 39.3 Å². The number of likely N-dealkylation sites (tertiary alicyclic amines) is 2. The predicted octanol–water partition coefficient (Wildman–Crippen LogP) is 1.97. The third-order valence-corrected chi connectivity index (χ3v) is 5.54. The summed E-state index contributed by atoms with van der Waals surface area (Å²) in [6.45, 7) is 7.51. The summed E-state index contributed by atoms with van der Waals surface area (Å²) in [6.07, 6.45) is 10.3. The molecule has 1 N–H and O–H groups in total. The van der Waals surface area contributed by atoms with Crippen molar-refractivity contribution in [1.82, 2.24) is 24.9 Å². The molecule has 7 heteroatoms. The largest absolute Gasteiger partial charge is 0.357 e. The number of hydrogen-bond donors (Lipinski definition) is 1. The highest BCUT2D eigenvalue weighted by atomic mass is 16.2. The lowest BCUT2D eigenvalue weighted by Gasteiger charge is -2.22. The molecule has 0 spiro atoms. The van der Waals surface area contributed by atoms with Gasteiger partial charge in [0.1, 0.15) is 0 Å². The van der Waals surface area contributed by atoms with Crippen LogP contribution in [0.2, 0.25) is 0 Å². The maximum Gasteiger partial charge on any atom is 0.222 e. The third kappa shape index (κ3) is 5.47. The van der Waals surface area contributed by atoms with Crippen LogP contribution in [0.1, 0.15) is 56.9 Å². The molecule has 2 aliphatic rings. The molecule has 1 unspecified atom stereocenters. The Morgan fingerprint density at radius 3 is 3.00 bits per heavy atom. The number of aromatic nitrogens is 2. The Kier molecular flexibility index (Phi) is 7.12. The predicted molar refractivity (Wildman–Crippen MR) is 108 cm³/mol. The van der Waals surface area contributed by atoms with Crippen LogP contribution in [0, 0.1) is 0 Å². The second-order valence-electron chi connectivity index (χ2n) is 7.66. The molecule has 0 saturated carbocycles. The fraction of sp³-hybridized carbons (Fsp3) is 0.750. The SMILES string of the molecule is CCNC(=NCCCN1CCCCCC1=O)N1CCC(c2cnn(C)c2)C1. The van der Waals surface area contributed by atoms with Crippen LogP contribution >= 0.6 is 0 Å². The minimum atomic E-state index is 0.322. The van der Waals surface area contributed by atoms with E-state index in [0.29, 0.717) is 11.8 Å². The van der Waals surface area contributed by atoms with Crippen molar-refractivity contribution in [3.63, 3.8) is 0 Å². The number of guanidine groups is 1. The Hall–Kier alpha value is -2.05. The molecule has 3 rings (SSSR count). The molecule has 27 heavy (non-hydrogen) atoms. The second-order valence-corrected chi connectivity index (χ2v) is 7.66. The highest BCUT2D eigenvalue weighted by Gasteiger charge is 2.26. The number of nitrogens with zero attached hydrogens (tertiary/aromatic N) is 5. The Morgan fingerprint density at radius 2 is 2.22 bits per heavy atom. The van der Waals surface area contributed by atoms with Gasteiger partial charge in [-0.05, 0) is 38.2 Å². The van der Waals surface area contributed by atoms with Crippen molar-refractivity contribution < 1.29 is 4.79 Å². The Balaban J connectivity index is 1.50. The van der Waals surface area contributed by atoms with Gasteiger partial charge >= 0.3 is 0 Å². The van der Waals surface area contributed by atoms with Gasteiger partial charge < -0.3 is 15.1 Å². The van der Waals surface area contributed by atoms with Crippen LogP contribution in [0.4, 0.5) is 0 Å². The lowest BCUT2D eigenvalue weighted by atomic mass is 10.0. The standard InChI is InChI=1S/C20H34N6O/c1-3-21-20(22-10-7-12-25-11-6-4-5-8-19(25)27)26-13-9-17(16-26)18-14-23-24(2)15-18/h14-15,17H,3-13,16H2,1-2H3,(H,21,22). The van der Waals surface area contributed by atoms with Crippen LogP contribution in [0.3, 0.4) is 0 Å². The van der Waals surface area contributed by atoms with E-state index in [1.54, 1.807) is 0 Å². The van der Waals surface area contributed by atoms with Crippen molar-refractivity contribution in [2.45, 2.75) is 51.4 Å². The zero-order valence-electron chi connectivity index (χ0n) is 16.9. The molecule has 0 aromatic carbocycles. The van der Waals surface area contributed by atoms with Crippen LogP contribution < -0.4 is 5.32 Å². The first-order chi connectivity index (χ1) is 13.2. The lowest BCUT2D eigenvalue weighted by Crippen LogP contribution is -2.40. The van der Waals surface area contributed by atoms with Gasteiger partial charge in [0.15, 0.2) is 5.96 Å². The monoisotopic (exact) mass is 374 g/mol. The first-order valence-corrected chi connectivity index (χ1v) is 10.5. The number of nitrogens with one attached hydrogen (secondary N) is 1. The molecule has 0 bridgehead atoms. The minimum absolute atomic E-state index is 0.322. The van der Waals surface area contributed by atoms with Gasteiger partial charge in [0.2, 0.25) is 5.91 Å². The summed E-state index contributed by atoms with van der Waals surface area (Å²) in [5.74, 6) is 1.85. The summed E-state index contributed by atoms with van der Waals surface area (Å²) in [7, 11) is 1.97. The Morgan fingerprint density at radius 1 is 1.33 bits per heavy atom. The van der Waals surface area contributed by atoms with Crippen LogP contribution in [0.15, 0.2) is 17.4 Å². The topological polar surface area (TPSA) is 65.8 Å². The van der Waals surface area contributed by atoms with Crippen molar-refractivity contribution in [2.24, 2.45) is 12.0 Å². The summed E-state index contributed by atoms with van der Waals surface area (Å²) < 4.78 is 1.88. The molecule has 1 atom stereocenters. The van der Waals surface area contributed by atoms with Crippen LogP contribution in [-0.4, -0.2) is 70.7 Å². The molecule has 0 aliphatic carbocycles. The van der Waals surface area contributed by atoms with Crippen LogP contribution in [-0.2, 0) is 11.8 Å². The van der Waals surface area contributed by atoms with Crippen LogP contribution in [0.25, 0.3) is 0 Å². The summed E-state index contributed by atoms with van der Waals surface area (Å²) >= 11 is 0. The van der Waals surface area contributed by atoms with E-state index in [-0.39, 0.29) is 0 Å². The van der Waals surface area contributed by atoms with Gasteiger partial charge in [-0.1, -0.05) is 6.42 Å². The number of hydrogen-bond acceptors (Lipinski definition) is 3. The number of rotatable bonds is 6. The van der Waals surface area contributed by atoms with Gasteiger partial charge in [0.05, 0.1) is 6.20 Å². The quantitative estimate of drug-likeness (QED) is 0.470. The molecule has 2 aliphatic heterocycles. The van der Waals surface area contributed by atoms with Crippen molar-refractivity contribution in [3.05, 3.63) is 18.0 Å². The molecule has 1 aromatic heterocycles. The highest BCUT2D eigenvalue weighted by Crippen LogP contribution is 2.26. The molecule has 2 saturated heterocycles. The van der Waals surface area contributed by atoms with Gasteiger partial charge in [-0.15, -0.1) is 0 Å². The molecular formula is C20H34N6O. The fourth-order valence-corrected chi connectivity index (χ4v) is 4.02. The Bertz CT molecular complexity index is 640. The fourth-order valence-electron chi connectivity index (χ4n) is 4.02. The normalized spacial score (nSPS) is 21.6.